The predicted molar refractivity (Wildman–Crippen MR) is 50.9 cm³/mol. The lowest BCUT2D eigenvalue weighted by molar-refractivity contribution is -0.132. The van der Waals surface area contributed by atoms with Gasteiger partial charge in [0.2, 0.25) is 0 Å². The Morgan fingerprint density at radius 1 is 0.929 bits per heavy atom. The Balaban J connectivity index is 4.87. The number of rotatable bonds is 5. The van der Waals surface area contributed by atoms with Gasteiger partial charge in [-0.25, -0.2) is 4.79 Å². The fraction of sp³-hybridized carbons (Fsp3) is 0.500. The van der Waals surface area contributed by atoms with Crippen LogP contribution in [-0.2, 0) is 14.4 Å². The van der Waals surface area contributed by atoms with Crippen LogP contribution in [-0.4, -0.2) is 22.6 Å². The van der Waals surface area contributed by atoms with Gasteiger partial charge in [0.25, 0.3) is 0 Å². The van der Waals surface area contributed by atoms with E-state index in [4.69, 9.17) is 5.11 Å². The standard InChI is InChI=1S/C10H14O4/c1-6(11)4-9(5-7(2)12)8(3)10(13)14/h4-5H2,1-3H3,(H,13,14). The lowest BCUT2D eigenvalue weighted by Crippen LogP contribution is -2.07. The lowest BCUT2D eigenvalue weighted by Gasteiger charge is -2.05. The maximum absolute atomic E-state index is 10.8. The molecule has 0 aliphatic carbocycles. The average molecular weight is 198 g/mol. The number of carboxylic acid groups (broad SMARTS) is 1. The second-order valence-electron chi connectivity index (χ2n) is 3.29. The first-order valence-electron chi connectivity index (χ1n) is 4.25. The second-order valence-corrected chi connectivity index (χ2v) is 3.29. The van der Waals surface area contributed by atoms with Crippen molar-refractivity contribution in [3.05, 3.63) is 11.1 Å². The summed E-state index contributed by atoms with van der Waals surface area (Å²) in [6.45, 7) is 4.15. The van der Waals surface area contributed by atoms with Gasteiger partial charge in [0.15, 0.2) is 0 Å². The van der Waals surface area contributed by atoms with Gasteiger partial charge in [-0.3, -0.25) is 9.59 Å². The van der Waals surface area contributed by atoms with Crippen molar-refractivity contribution in [1.82, 2.24) is 0 Å². The number of ketones is 2. The minimum Gasteiger partial charge on any atom is -0.478 e. The monoisotopic (exact) mass is 198 g/mol. The van der Waals surface area contributed by atoms with Gasteiger partial charge in [-0.2, -0.15) is 0 Å². The molecule has 0 radical (unpaired) electrons. The van der Waals surface area contributed by atoms with Crippen molar-refractivity contribution < 1.29 is 19.5 Å². The highest BCUT2D eigenvalue weighted by atomic mass is 16.4. The van der Waals surface area contributed by atoms with Crippen LogP contribution in [0.4, 0.5) is 0 Å². The van der Waals surface area contributed by atoms with Crippen LogP contribution in [0.15, 0.2) is 11.1 Å². The summed E-state index contributed by atoms with van der Waals surface area (Å²) in [7, 11) is 0. The van der Waals surface area contributed by atoms with Gasteiger partial charge in [0.1, 0.15) is 11.6 Å². The number of Topliss-reactive ketones (excluding diaryl/α,β-unsaturated/α-hetero) is 2. The zero-order chi connectivity index (χ0) is 11.3. The maximum atomic E-state index is 10.8. The first-order valence-corrected chi connectivity index (χ1v) is 4.25. The molecule has 0 aromatic rings. The number of hydrogen-bond donors (Lipinski definition) is 1. The summed E-state index contributed by atoms with van der Waals surface area (Å²) in [5, 5.41) is 8.70. The Hall–Kier alpha value is -1.45. The third-order valence-electron chi connectivity index (χ3n) is 1.78. The minimum atomic E-state index is -1.08. The van der Waals surface area contributed by atoms with Crippen molar-refractivity contribution in [2.45, 2.75) is 33.6 Å². The van der Waals surface area contributed by atoms with Crippen LogP contribution in [0.3, 0.4) is 0 Å². The summed E-state index contributed by atoms with van der Waals surface area (Å²) < 4.78 is 0. The first kappa shape index (κ1) is 12.6. The van der Waals surface area contributed by atoms with Gasteiger partial charge in [0.05, 0.1) is 0 Å². The molecule has 0 saturated carbocycles. The molecule has 0 atom stereocenters. The number of hydrogen-bond acceptors (Lipinski definition) is 3. The third kappa shape index (κ3) is 4.54. The molecule has 1 N–H and O–H groups in total. The van der Waals surface area contributed by atoms with Crippen molar-refractivity contribution in [2.75, 3.05) is 0 Å². The molecule has 78 valence electrons. The van der Waals surface area contributed by atoms with Crippen LogP contribution in [0, 0.1) is 0 Å². The van der Waals surface area contributed by atoms with Gasteiger partial charge in [0, 0.05) is 18.4 Å². The molecule has 0 fully saturated rings. The normalized spacial score (nSPS) is 9.36. The molecule has 4 heteroatoms. The molecule has 0 rings (SSSR count). The summed E-state index contributed by atoms with van der Waals surface area (Å²) in [6, 6.07) is 0. The van der Waals surface area contributed by atoms with Gasteiger partial charge >= 0.3 is 5.97 Å². The number of carbonyl (C=O) groups is 3. The highest BCUT2D eigenvalue weighted by Gasteiger charge is 2.12. The van der Waals surface area contributed by atoms with E-state index < -0.39 is 5.97 Å². The average Bonchev–Trinajstić information content (AvgIpc) is 1.99. The molecule has 0 heterocycles. The van der Waals surface area contributed by atoms with Crippen molar-refractivity contribution in [3.63, 3.8) is 0 Å². The maximum Gasteiger partial charge on any atom is 0.331 e. The van der Waals surface area contributed by atoms with Crippen molar-refractivity contribution >= 4 is 17.5 Å². The fourth-order valence-corrected chi connectivity index (χ4v) is 1.08. The highest BCUT2D eigenvalue weighted by Crippen LogP contribution is 2.14. The predicted octanol–water partition coefficient (Wildman–Crippen LogP) is 1.35. The second kappa shape index (κ2) is 5.32. The Labute approximate surface area is 82.6 Å². The molecule has 0 saturated heterocycles. The largest absolute Gasteiger partial charge is 0.478 e. The van der Waals surface area contributed by atoms with Crippen LogP contribution in [0.1, 0.15) is 33.6 Å². The molecule has 0 aromatic carbocycles. The van der Waals surface area contributed by atoms with E-state index in [-0.39, 0.29) is 30.0 Å². The van der Waals surface area contributed by atoms with Crippen LogP contribution in [0.25, 0.3) is 0 Å². The van der Waals surface area contributed by atoms with E-state index in [1.807, 2.05) is 0 Å². The Kier molecular flexibility index (Phi) is 4.77. The molecule has 0 aliphatic rings. The Bertz CT molecular complexity index is 281. The SMILES string of the molecule is CC(=O)CC(CC(C)=O)=C(C)C(=O)O. The van der Waals surface area contributed by atoms with Crippen LogP contribution in [0.2, 0.25) is 0 Å². The Morgan fingerprint density at radius 3 is 1.50 bits per heavy atom. The van der Waals surface area contributed by atoms with E-state index in [0.717, 1.165) is 0 Å². The molecule has 0 unspecified atom stereocenters. The van der Waals surface area contributed by atoms with E-state index in [9.17, 15) is 14.4 Å². The highest BCUT2D eigenvalue weighted by molar-refractivity contribution is 5.91. The number of aliphatic carboxylic acids is 1. The van der Waals surface area contributed by atoms with Gasteiger partial charge in [-0.05, 0) is 26.3 Å². The molecule has 0 amide bonds. The molecule has 4 nitrogen and oxygen atoms in total. The summed E-state index contributed by atoms with van der Waals surface area (Å²) in [6.07, 6.45) is 0.0788. The molecule has 0 spiro atoms. The number of carbonyl (C=O) groups excluding carboxylic acids is 2. The molecule has 0 aromatic heterocycles. The zero-order valence-electron chi connectivity index (χ0n) is 8.59. The van der Waals surface area contributed by atoms with Gasteiger partial charge < -0.3 is 5.11 Å². The van der Waals surface area contributed by atoms with Crippen molar-refractivity contribution in [3.8, 4) is 0 Å². The first-order chi connectivity index (χ1) is 6.34. The summed E-state index contributed by atoms with van der Waals surface area (Å²) in [5.41, 5.74) is 0.493. The summed E-state index contributed by atoms with van der Waals surface area (Å²) in [4.78, 5) is 32.3. The van der Waals surface area contributed by atoms with E-state index in [1.54, 1.807) is 0 Å². The molecular formula is C10H14O4. The third-order valence-corrected chi connectivity index (χ3v) is 1.78. The van der Waals surface area contributed by atoms with E-state index in [2.05, 4.69) is 0 Å². The van der Waals surface area contributed by atoms with Gasteiger partial charge in [-0.15, -0.1) is 0 Å². The zero-order valence-corrected chi connectivity index (χ0v) is 8.59. The summed E-state index contributed by atoms with van der Waals surface area (Å²) >= 11 is 0. The minimum absolute atomic E-state index is 0.0394. The molecule has 0 aliphatic heterocycles. The Morgan fingerprint density at radius 2 is 1.29 bits per heavy atom. The molecule has 14 heavy (non-hydrogen) atoms. The van der Waals surface area contributed by atoms with Crippen LogP contribution in [0.5, 0.6) is 0 Å². The fourth-order valence-electron chi connectivity index (χ4n) is 1.08. The van der Waals surface area contributed by atoms with E-state index in [1.165, 1.54) is 20.8 Å². The molecule has 0 bridgehead atoms. The lowest BCUT2D eigenvalue weighted by atomic mass is 9.99. The van der Waals surface area contributed by atoms with Crippen molar-refractivity contribution in [1.29, 1.82) is 0 Å². The van der Waals surface area contributed by atoms with Crippen LogP contribution >= 0.6 is 0 Å². The van der Waals surface area contributed by atoms with E-state index >= 15 is 0 Å². The quantitative estimate of drug-likeness (QED) is 0.677. The summed E-state index contributed by atoms with van der Waals surface area (Å²) in [5.74, 6) is -1.36. The number of carboxylic acids is 1. The van der Waals surface area contributed by atoms with E-state index in [0.29, 0.717) is 5.57 Å². The van der Waals surface area contributed by atoms with Crippen molar-refractivity contribution in [2.24, 2.45) is 0 Å². The molecular weight excluding hydrogens is 184 g/mol. The number of allylic oxidation sites excluding steroid dienone is 1. The smallest absolute Gasteiger partial charge is 0.331 e. The topological polar surface area (TPSA) is 71.4 Å². The van der Waals surface area contributed by atoms with Gasteiger partial charge in [-0.1, -0.05) is 0 Å². The van der Waals surface area contributed by atoms with Crippen LogP contribution < -0.4 is 0 Å².